The molecule has 2 heterocycles. The lowest BCUT2D eigenvalue weighted by atomic mass is 10.1. The second kappa shape index (κ2) is 8.25. The van der Waals surface area contributed by atoms with Crippen molar-refractivity contribution in [1.29, 1.82) is 0 Å². The molecular weight excluding hydrogens is 406 g/mol. The van der Waals surface area contributed by atoms with Gasteiger partial charge in [0.1, 0.15) is 0 Å². The third kappa shape index (κ3) is 4.25. The van der Waals surface area contributed by atoms with Crippen LogP contribution in [0, 0.1) is 10.1 Å². The van der Waals surface area contributed by atoms with Crippen LogP contribution >= 0.6 is 11.8 Å². The van der Waals surface area contributed by atoms with E-state index < -0.39 is 11.1 Å². The Labute approximate surface area is 174 Å². The molecule has 1 aliphatic heterocycles. The number of non-ortho nitro benzene ring substituents is 1. The van der Waals surface area contributed by atoms with Crippen molar-refractivity contribution in [3.05, 3.63) is 70.4 Å². The van der Waals surface area contributed by atoms with E-state index in [2.05, 4.69) is 25.6 Å². The highest BCUT2D eigenvalue weighted by atomic mass is 32.2. The number of hydrogen-bond acceptors (Lipinski definition) is 8. The first kappa shape index (κ1) is 19.5. The Kier molecular flexibility index (Phi) is 5.35. The van der Waals surface area contributed by atoms with Crippen LogP contribution in [0.3, 0.4) is 0 Å². The molecule has 0 bridgehead atoms. The van der Waals surface area contributed by atoms with Crippen molar-refractivity contribution >= 4 is 51.1 Å². The van der Waals surface area contributed by atoms with Crippen molar-refractivity contribution in [3.63, 3.8) is 0 Å². The second-order valence-corrected chi connectivity index (χ2v) is 7.34. The molecule has 1 amide bonds. The third-order valence-corrected chi connectivity index (χ3v) is 5.22. The molecule has 4 rings (SSSR count). The minimum absolute atomic E-state index is 0.0405. The number of thioether (sulfide) groups is 1. The number of nitrogens with two attached hydrogens (primary N) is 1. The van der Waals surface area contributed by atoms with Crippen LogP contribution in [0.2, 0.25) is 0 Å². The fourth-order valence-electron chi connectivity index (χ4n) is 2.96. The highest BCUT2D eigenvalue weighted by Gasteiger charge is 2.20. The molecule has 2 aromatic carbocycles. The van der Waals surface area contributed by atoms with Gasteiger partial charge in [0.05, 0.1) is 10.7 Å². The Morgan fingerprint density at radius 2 is 1.97 bits per heavy atom. The first-order valence-electron chi connectivity index (χ1n) is 8.91. The van der Waals surface area contributed by atoms with Gasteiger partial charge in [0, 0.05) is 40.5 Å². The quantitative estimate of drug-likeness (QED) is 0.366. The van der Waals surface area contributed by atoms with Crippen LogP contribution in [0.5, 0.6) is 0 Å². The molecule has 0 fully saturated rings. The van der Waals surface area contributed by atoms with E-state index in [0.29, 0.717) is 10.9 Å². The predicted octanol–water partition coefficient (Wildman–Crippen LogP) is 2.72. The zero-order valence-electron chi connectivity index (χ0n) is 15.5. The maximum Gasteiger partial charge on any atom is 0.269 e. The van der Waals surface area contributed by atoms with E-state index in [1.54, 1.807) is 0 Å². The number of anilines is 1. The van der Waals surface area contributed by atoms with Gasteiger partial charge < -0.3 is 21.4 Å². The average molecular weight is 423 g/mol. The lowest BCUT2D eigenvalue weighted by Gasteiger charge is -2.18. The molecule has 152 valence electrons. The first-order valence-corrected chi connectivity index (χ1v) is 9.89. The highest BCUT2D eigenvalue weighted by molar-refractivity contribution is 8.14. The largest absolute Gasteiger partial charge is 0.370 e. The molecule has 1 aromatic heterocycles. The molecule has 0 saturated carbocycles. The average Bonchev–Trinajstić information content (AvgIpc) is 3.16. The molecule has 0 unspecified atom stereocenters. The summed E-state index contributed by atoms with van der Waals surface area (Å²) in [6.07, 6.45) is 1.34. The van der Waals surface area contributed by atoms with E-state index in [1.165, 1.54) is 36.0 Å². The molecular formula is C19H17N7O3S. The molecule has 10 nitrogen and oxygen atoms in total. The normalized spacial score (nSPS) is 15.8. The second-order valence-electron chi connectivity index (χ2n) is 6.38. The molecule has 3 aromatic rings. The maximum absolute atomic E-state index is 12.2. The summed E-state index contributed by atoms with van der Waals surface area (Å²) in [5, 5.41) is 17.7. The summed E-state index contributed by atoms with van der Waals surface area (Å²) in [4.78, 5) is 34.5. The number of aliphatic imine (C=N–C) groups is 2. The van der Waals surface area contributed by atoms with Crippen molar-refractivity contribution in [2.24, 2.45) is 15.7 Å². The summed E-state index contributed by atoms with van der Waals surface area (Å²) in [5.41, 5.74) is 8.22. The van der Waals surface area contributed by atoms with Crippen LogP contribution in [0.25, 0.3) is 10.9 Å². The van der Waals surface area contributed by atoms with Gasteiger partial charge in [-0.3, -0.25) is 14.9 Å². The van der Waals surface area contributed by atoms with Crippen LogP contribution in [0.4, 0.5) is 11.4 Å². The van der Waals surface area contributed by atoms with E-state index in [0.717, 1.165) is 16.5 Å². The fraction of sp³-hybridized carbons (Fsp3) is 0.105. The predicted molar refractivity (Wildman–Crippen MR) is 117 cm³/mol. The van der Waals surface area contributed by atoms with Crippen LogP contribution < -0.4 is 16.4 Å². The highest BCUT2D eigenvalue weighted by Crippen LogP contribution is 2.29. The number of nitrogens with one attached hydrogen (secondary N) is 3. The van der Waals surface area contributed by atoms with Gasteiger partial charge in [-0.2, -0.15) is 0 Å². The van der Waals surface area contributed by atoms with Crippen LogP contribution in [0.1, 0.15) is 11.7 Å². The molecule has 11 heteroatoms. The van der Waals surface area contributed by atoms with Gasteiger partial charge in [0.15, 0.2) is 17.3 Å². The number of carbonyl (C=O) groups is 1. The van der Waals surface area contributed by atoms with Crippen molar-refractivity contribution < 1.29 is 9.72 Å². The number of amidine groups is 1. The van der Waals surface area contributed by atoms with Crippen LogP contribution in [-0.2, 0) is 4.79 Å². The first-order chi connectivity index (χ1) is 14.5. The number of nitrogens with zero attached hydrogens (tertiary/aromatic N) is 3. The van der Waals surface area contributed by atoms with Crippen LogP contribution in [-0.4, -0.2) is 32.7 Å². The minimum Gasteiger partial charge on any atom is -0.370 e. The van der Waals surface area contributed by atoms with Gasteiger partial charge in [0.2, 0.25) is 5.91 Å². The number of rotatable bonds is 5. The Morgan fingerprint density at radius 3 is 2.73 bits per heavy atom. The number of guanidine groups is 1. The molecule has 1 atom stereocenters. The summed E-state index contributed by atoms with van der Waals surface area (Å²) in [6, 6.07) is 13.5. The molecule has 1 aliphatic rings. The smallest absolute Gasteiger partial charge is 0.269 e. The van der Waals surface area contributed by atoms with Crippen LogP contribution in [0.15, 0.2) is 64.7 Å². The number of fused-ring (bicyclic) bond motifs is 1. The summed E-state index contributed by atoms with van der Waals surface area (Å²) < 4.78 is 0. The van der Waals surface area contributed by atoms with Gasteiger partial charge >= 0.3 is 0 Å². The number of H-pyrrole nitrogens is 1. The van der Waals surface area contributed by atoms with E-state index in [4.69, 9.17) is 5.73 Å². The van der Waals surface area contributed by atoms with E-state index in [9.17, 15) is 14.9 Å². The Morgan fingerprint density at radius 1 is 1.20 bits per heavy atom. The maximum atomic E-state index is 12.2. The molecule has 0 aliphatic carbocycles. The lowest BCUT2D eigenvalue weighted by Crippen LogP contribution is -2.39. The Balaban J connectivity index is 1.41. The Hall–Kier alpha value is -3.86. The van der Waals surface area contributed by atoms with Crippen molar-refractivity contribution in [1.82, 2.24) is 10.3 Å². The van der Waals surface area contributed by atoms with E-state index in [1.807, 2.05) is 30.5 Å². The fourth-order valence-corrected chi connectivity index (χ4v) is 3.65. The number of amides is 1. The monoisotopic (exact) mass is 423 g/mol. The summed E-state index contributed by atoms with van der Waals surface area (Å²) in [6.45, 7) is 0. The van der Waals surface area contributed by atoms with Gasteiger partial charge in [-0.15, -0.1) is 0 Å². The standard InChI is InChI=1S/C19H17N7O3S/c20-18-23-17(14-9-21-15-4-2-1-3-13(14)15)24-19(25-18)30-10-16(27)22-11-5-7-12(8-6-11)26(28)29/h1-9,17,21H,10H2,(H,22,27)(H3,20,23,24,25)/t17-/m0/s1. The minimum atomic E-state index is -0.511. The van der Waals surface area contributed by atoms with Gasteiger partial charge in [0.25, 0.3) is 5.69 Å². The van der Waals surface area contributed by atoms with Gasteiger partial charge in [-0.25, -0.2) is 9.98 Å². The van der Waals surface area contributed by atoms with Gasteiger partial charge in [-0.1, -0.05) is 30.0 Å². The number of aromatic nitrogens is 1. The number of para-hydroxylation sites is 1. The number of nitro groups is 1. The van der Waals surface area contributed by atoms with E-state index in [-0.39, 0.29) is 23.3 Å². The lowest BCUT2D eigenvalue weighted by molar-refractivity contribution is -0.384. The summed E-state index contributed by atoms with van der Waals surface area (Å²) in [5.74, 6) is 0.0260. The zero-order chi connectivity index (χ0) is 21.1. The molecule has 0 saturated heterocycles. The van der Waals surface area contributed by atoms with E-state index >= 15 is 0 Å². The number of benzene rings is 2. The van der Waals surface area contributed by atoms with Crippen molar-refractivity contribution in [2.75, 3.05) is 11.1 Å². The number of nitro benzene ring substituents is 1. The van der Waals surface area contributed by atoms with Crippen molar-refractivity contribution in [2.45, 2.75) is 6.17 Å². The zero-order valence-corrected chi connectivity index (χ0v) is 16.3. The molecule has 5 N–H and O–H groups in total. The van der Waals surface area contributed by atoms with Crippen molar-refractivity contribution in [3.8, 4) is 0 Å². The number of hydrogen-bond donors (Lipinski definition) is 4. The Bertz CT molecular complexity index is 1170. The molecule has 0 radical (unpaired) electrons. The molecule has 30 heavy (non-hydrogen) atoms. The number of aromatic amines is 1. The SMILES string of the molecule is NC1=N[C@H](c2c[nH]c3ccccc23)N=C(SCC(=O)Nc2ccc([N+](=O)[O-])cc2)N1. The summed E-state index contributed by atoms with van der Waals surface area (Å²) >= 11 is 1.19. The van der Waals surface area contributed by atoms with Gasteiger partial charge in [-0.05, 0) is 18.2 Å². The number of carbonyl (C=O) groups excluding carboxylic acids is 1. The topological polar surface area (TPSA) is 151 Å². The third-order valence-electron chi connectivity index (χ3n) is 4.34. The summed E-state index contributed by atoms with van der Waals surface area (Å²) in [7, 11) is 0. The molecule has 0 spiro atoms.